The molecule has 0 aliphatic carbocycles. The summed E-state index contributed by atoms with van der Waals surface area (Å²) in [5, 5.41) is -0.184. The van der Waals surface area contributed by atoms with Gasteiger partial charge in [-0.1, -0.05) is 11.6 Å². The molecule has 2 rings (SSSR count). The van der Waals surface area contributed by atoms with E-state index in [2.05, 4.69) is 6.07 Å². The van der Waals surface area contributed by atoms with Gasteiger partial charge in [0.2, 0.25) is 0 Å². The molecule has 0 saturated carbocycles. The van der Waals surface area contributed by atoms with Gasteiger partial charge in [0.25, 0.3) is 0 Å². The summed E-state index contributed by atoms with van der Waals surface area (Å²) in [5.41, 5.74) is 0. The van der Waals surface area contributed by atoms with Crippen LogP contribution in [0.1, 0.15) is 0 Å². The lowest BCUT2D eigenvalue weighted by atomic mass is 10.3. The average Bonchev–Trinajstić information content (AvgIpc) is 2.30. The summed E-state index contributed by atoms with van der Waals surface area (Å²) in [5.74, 6) is -4.64. The Labute approximate surface area is 105 Å². The van der Waals surface area contributed by atoms with Crippen molar-refractivity contribution in [3.8, 4) is 0 Å². The molecule has 2 aromatic carbocycles. The molecule has 0 N–H and O–H groups in total. The summed E-state index contributed by atoms with van der Waals surface area (Å²) in [6.07, 6.45) is 0. The monoisotopic (exact) mass is 278 g/mol. The molecule has 2 aromatic rings. The van der Waals surface area contributed by atoms with E-state index < -0.39 is 29.1 Å². The first-order valence-electron chi connectivity index (χ1n) is 4.44. The van der Waals surface area contributed by atoms with Crippen molar-refractivity contribution in [1.29, 1.82) is 0 Å². The third kappa shape index (κ3) is 4.33. The summed E-state index contributed by atoms with van der Waals surface area (Å²) in [6.45, 7) is 0. The molecule has 0 atom stereocenters. The topological polar surface area (TPSA) is 0 Å². The lowest BCUT2D eigenvalue weighted by molar-refractivity contribution is 0.493. The van der Waals surface area contributed by atoms with Gasteiger partial charge in [0.1, 0.15) is 17.5 Å². The zero-order valence-electron chi connectivity index (χ0n) is 8.58. The van der Waals surface area contributed by atoms with Crippen LogP contribution >= 0.6 is 11.6 Å². The molecule has 0 saturated heterocycles. The van der Waals surface area contributed by atoms with Crippen LogP contribution in [0.4, 0.5) is 22.0 Å². The molecule has 0 heterocycles. The van der Waals surface area contributed by atoms with Gasteiger partial charge in [-0.3, -0.25) is 0 Å². The molecular formula is C12H4ClF5. The van der Waals surface area contributed by atoms with E-state index in [-0.39, 0.29) is 5.02 Å². The van der Waals surface area contributed by atoms with E-state index in [1.807, 2.05) is 0 Å². The zero-order chi connectivity index (χ0) is 13.7. The molecule has 0 bridgehead atoms. The Bertz CT molecular complexity index is 492. The maximum atomic E-state index is 12.2. The van der Waals surface area contributed by atoms with Gasteiger partial charge in [-0.05, 0) is 12.1 Å². The predicted molar refractivity (Wildman–Crippen MR) is 55.4 cm³/mol. The van der Waals surface area contributed by atoms with Crippen molar-refractivity contribution in [2.75, 3.05) is 0 Å². The molecule has 0 fully saturated rings. The van der Waals surface area contributed by atoms with Crippen LogP contribution in [0.25, 0.3) is 0 Å². The molecule has 6 heteroatoms. The van der Waals surface area contributed by atoms with Crippen molar-refractivity contribution in [2.45, 2.75) is 0 Å². The highest BCUT2D eigenvalue weighted by atomic mass is 35.5. The van der Waals surface area contributed by atoms with Gasteiger partial charge in [0, 0.05) is 24.3 Å². The van der Waals surface area contributed by atoms with Gasteiger partial charge in [-0.2, -0.15) is 0 Å². The fourth-order valence-corrected chi connectivity index (χ4v) is 0.964. The fraction of sp³-hybridized carbons (Fsp3) is 0. The number of hydrogen-bond acceptors (Lipinski definition) is 0. The van der Waals surface area contributed by atoms with Crippen molar-refractivity contribution in [3.63, 3.8) is 0 Å². The second kappa shape index (κ2) is 6.35. The second-order valence-corrected chi connectivity index (χ2v) is 3.34. The lowest BCUT2D eigenvalue weighted by Gasteiger charge is -1.89. The highest BCUT2D eigenvalue weighted by Gasteiger charge is 2.00. The molecule has 0 unspecified atom stereocenters. The molecule has 94 valence electrons. The van der Waals surface area contributed by atoms with E-state index in [0.29, 0.717) is 12.1 Å². The average molecular weight is 279 g/mol. The largest absolute Gasteiger partial charge is 0.207 e. The second-order valence-electron chi connectivity index (χ2n) is 2.96. The van der Waals surface area contributed by atoms with Gasteiger partial charge >= 0.3 is 0 Å². The molecular weight excluding hydrogens is 275 g/mol. The summed E-state index contributed by atoms with van der Waals surface area (Å²) >= 11 is 5.18. The minimum absolute atomic E-state index is 0.184. The number of benzene rings is 2. The first-order chi connectivity index (χ1) is 8.40. The van der Waals surface area contributed by atoms with Gasteiger partial charge in [-0.25, -0.2) is 22.0 Å². The Morgan fingerprint density at radius 1 is 0.778 bits per heavy atom. The van der Waals surface area contributed by atoms with Crippen LogP contribution in [-0.4, -0.2) is 0 Å². The zero-order valence-corrected chi connectivity index (χ0v) is 9.33. The van der Waals surface area contributed by atoms with Crippen molar-refractivity contribution >= 4 is 11.6 Å². The summed E-state index contributed by atoms with van der Waals surface area (Å²) < 4.78 is 59.9. The van der Waals surface area contributed by atoms with Gasteiger partial charge in [0.15, 0.2) is 11.6 Å². The van der Waals surface area contributed by atoms with Gasteiger partial charge < -0.3 is 0 Å². The van der Waals surface area contributed by atoms with E-state index in [1.54, 1.807) is 6.07 Å². The van der Waals surface area contributed by atoms with E-state index in [9.17, 15) is 22.0 Å². The van der Waals surface area contributed by atoms with Crippen molar-refractivity contribution < 1.29 is 22.0 Å². The minimum Gasteiger partial charge on any atom is -0.207 e. The Morgan fingerprint density at radius 2 is 1.28 bits per heavy atom. The van der Waals surface area contributed by atoms with Crippen LogP contribution in [0.15, 0.2) is 24.3 Å². The van der Waals surface area contributed by atoms with Crippen LogP contribution < -0.4 is 0 Å². The molecule has 0 aliphatic heterocycles. The van der Waals surface area contributed by atoms with Crippen LogP contribution in [0, 0.1) is 41.2 Å². The molecule has 2 radical (unpaired) electrons. The number of rotatable bonds is 0. The smallest absolute Gasteiger partial charge is 0.166 e. The Kier molecular flexibility index (Phi) is 5.09. The lowest BCUT2D eigenvalue weighted by Crippen LogP contribution is -1.83. The SMILES string of the molecule is Fc1c[c]c(Cl)c(F)c1.Fc1c[c]c(F)c(F)c1. The fourth-order valence-electron chi connectivity index (χ4n) is 0.855. The Balaban J connectivity index is 0.000000180. The van der Waals surface area contributed by atoms with E-state index in [0.717, 1.165) is 12.1 Å². The van der Waals surface area contributed by atoms with Crippen LogP contribution in [0.3, 0.4) is 0 Å². The first kappa shape index (κ1) is 14.4. The van der Waals surface area contributed by atoms with Crippen LogP contribution in [0.5, 0.6) is 0 Å². The first-order valence-corrected chi connectivity index (χ1v) is 4.82. The van der Waals surface area contributed by atoms with E-state index in [4.69, 9.17) is 11.6 Å². The molecule has 0 amide bonds. The normalized spacial score (nSPS) is 9.67. The molecule has 18 heavy (non-hydrogen) atoms. The van der Waals surface area contributed by atoms with Gasteiger partial charge in [-0.15, -0.1) is 0 Å². The maximum absolute atomic E-state index is 12.2. The highest BCUT2D eigenvalue weighted by molar-refractivity contribution is 6.30. The van der Waals surface area contributed by atoms with E-state index in [1.165, 1.54) is 0 Å². The molecule has 0 nitrogen and oxygen atoms in total. The quantitative estimate of drug-likeness (QED) is 0.497. The summed E-state index contributed by atoms with van der Waals surface area (Å²) in [7, 11) is 0. The number of halogens is 6. The van der Waals surface area contributed by atoms with Crippen molar-refractivity contribution in [2.24, 2.45) is 0 Å². The summed E-state index contributed by atoms with van der Waals surface area (Å²) in [4.78, 5) is 0. The van der Waals surface area contributed by atoms with Crippen LogP contribution in [-0.2, 0) is 0 Å². The maximum Gasteiger partial charge on any atom is 0.166 e. The third-order valence-corrected chi connectivity index (χ3v) is 1.91. The molecule has 0 aromatic heterocycles. The van der Waals surface area contributed by atoms with Crippen LogP contribution in [0.2, 0.25) is 5.02 Å². The minimum atomic E-state index is -1.21. The molecule has 0 aliphatic rings. The number of hydrogen-bond donors (Lipinski definition) is 0. The Morgan fingerprint density at radius 3 is 1.67 bits per heavy atom. The van der Waals surface area contributed by atoms with Gasteiger partial charge in [0.05, 0.1) is 5.02 Å². The summed E-state index contributed by atoms with van der Waals surface area (Å²) in [6, 6.07) is 6.82. The third-order valence-electron chi connectivity index (χ3n) is 1.62. The molecule has 0 spiro atoms. The highest BCUT2D eigenvalue weighted by Crippen LogP contribution is 2.13. The predicted octanol–water partition coefficient (Wildman–Crippen LogP) is 4.32. The van der Waals surface area contributed by atoms with Crippen molar-refractivity contribution in [3.05, 3.63) is 70.5 Å². The van der Waals surface area contributed by atoms with Crippen molar-refractivity contribution in [1.82, 2.24) is 0 Å². The van der Waals surface area contributed by atoms with E-state index >= 15 is 0 Å². The standard InChI is InChI=1S/C6H2ClF2.C6H2F3/c7-5-2-1-4(8)3-6(5)9;7-4-1-2-5(8)6(9)3-4/h2*1,3H. The Hall–Kier alpha value is -1.62.